The van der Waals surface area contributed by atoms with Crippen molar-refractivity contribution in [3.05, 3.63) is 0 Å². The fourth-order valence-electron chi connectivity index (χ4n) is 3.58. The SMILES string of the molecule is COCCOCC(=O)N1CCCCCNC(=O)[C@@H]2CCCC[C@@H]21. The topological polar surface area (TPSA) is 67.9 Å². The largest absolute Gasteiger partial charge is 0.382 e. The Morgan fingerprint density at radius 2 is 2.00 bits per heavy atom. The number of rotatable bonds is 5. The first kappa shape index (κ1) is 18.2. The molecule has 6 heteroatoms. The molecule has 1 aliphatic carbocycles. The van der Waals surface area contributed by atoms with Crippen LogP contribution in [0.25, 0.3) is 0 Å². The van der Waals surface area contributed by atoms with Crippen LogP contribution in [0.3, 0.4) is 0 Å². The summed E-state index contributed by atoms with van der Waals surface area (Å²) < 4.78 is 10.3. The van der Waals surface area contributed by atoms with Crippen molar-refractivity contribution in [2.24, 2.45) is 5.92 Å². The molecule has 1 saturated carbocycles. The van der Waals surface area contributed by atoms with Gasteiger partial charge in [0.25, 0.3) is 0 Å². The highest BCUT2D eigenvalue weighted by atomic mass is 16.5. The summed E-state index contributed by atoms with van der Waals surface area (Å²) in [6.45, 7) is 2.48. The van der Waals surface area contributed by atoms with Crippen LogP contribution in [0.2, 0.25) is 0 Å². The first-order chi connectivity index (χ1) is 11.2. The summed E-state index contributed by atoms with van der Waals surface area (Å²) >= 11 is 0. The van der Waals surface area contributed by atoms with Crippen LogP contribution >= 0.6 is 0 Å². The molecule has 2 aliphatic rings. The lowest BCUT2D eigenvalue weighted by Crippen LogP contribution is -2.52. The van der Waals surface area contributed by atoms with E-state index in [9.17, 15) is 9.59 Å². The Morgan fingerprint density at radius 3 is 2.83 bits per heavy atom. The van der Waals surface area contributed by atoms with Crippen LogP contribution in [0.1, 0.15) is 44.9 Å². The van der Waals surface area contributed by atoms with Crippen LogP contribution < -0.4 is 5.32 Å². The number of amides is 2. The molecule has 0 spiro atoms. The number of carbonyl (C=O) groups is 2. The van der Waals surface area contributed by atoms with Crippen molar-refractivity contribution >= 4 is 11.8 Å². The van der Waals surface area contributed by atoms with E-state index in [0.29, 0.717) is 13.2 Å². The van der Waals surface area contributed by atoms with E-state index in [1.165, 1.54) is 0 Å². The molecule has 0 aromatic rings. The summed E-state index contributed by atoms with van der Waals surface area (Å²) in [5.41, 5.74) is 0. The Bertz CT molecular complexity index is 389. The third kappa shape index (κ3) is 5.46. The lowest BCUT2D eigenvalue weighted by Gasteiger charge is -2.40. The number of hydrogen-bond donors (Lipinski definition) is 1. The van der Waals surface area contributed by atoms with E-state index in [-0.39, 0.29) is 30.4 Å². The van der Waals surface area contributed by atoms with Gasteiger partial charge in [-0.05, 0) is 32.1 Å². The van der Waals surface area contributed by atoms with Crippen molar-refractivity contribution < 1.29 is 19.1 Å². The number of carbonyl (C=O) groups excluding carboxylic acids is 2. The van der Waals surface area contributed by atoms with Crippen molar-refractivity contribution in [3.63, 3.8) is 0 Å². The summed E-state index contributed by atoms with van der Waals surface area (Å²) in [5, 5.41) is 3.05. The van der Waals surface area contributed by atoms with Crippen molar-refractivity contribution in [2.75, 3.05) is 40.0 Å². The van der Waals surface area contributed by atoms with Gasteiger partial charge >= 0.3 is 0 Å². The molecule has 132 valence electrons. The molecule has 2 fully saturated rings. The minimum absolute atomic E-state index is 0.00590. The molecule has 23 heavy (non-hydrogen) atoms. The summed E-state index contributed by atoms with van der Waals surface area (Å²) in [7, 11) is 1.61. The highest BCUT2D eigenvalue weighted by Crippen LogP contribution is 2.29. The minimum Gasteiger partial charge on any atom is -0.382 e. The normalized spacial score (nSPS) is 26.3. The first-order valence-corrected chi connectivity index (χ1v) is 8.88. The van der Waals surface area contributed by atoms with Crippen LogP contribution in [0, 0.1) is 5.92 Å². The number of fused-ring (bicyclic) bond motifs is 1. The second kappa shape index (κ2) is 9.88. The summed E-state index contributed by atoms with van der Waals surface area (Å²) in [5.74, 6) is 0.0610. The molecule has 0 radical (unpaired) electrons. The molecule has 2 amide bonds. The monoisotopic (exact) mass is 326 g/mol. The van der Waals surface area contributed by atoms with Gasteiger partial charge in [0.2, 0.25) is 11.8 Å². The molecular weight excluding hydrogens is 296 g/mol. The third-order valence-corrected chi connectivity index (χ3v) is 4.82. The zero-order chi connectivity index (χ0) is 16.5. The van der Waals surface area contributed by atoms with Crippen molar-refractivity contribution in [1.82, 2.24) is 10.2 Å². The highest BCUT2D eigenvalue weighted by molar-refractivity contribution is 5.82. The first-order valence-electron chi connectivity index (χ1n) is 8.88. The average molecular weight is 326 g/mol. The lowest BCUT2D eigenvalue weighted by molar-refractivity contribution is -0.143. The molecule has 0 aromatic carbocycles. The Morgan fingerprint density at radius 1 is 1.17 bits per heavy atom. The van der Waals surface area contributed by atoms with Gasteiger partial charge in [-0.1, -0.05) is 12.8 Å². The smallest absolute Gasteiger partial charge is 0.248 e. The molecule has 0 unspecified atom stereocenters. The molecule has 2 atom stereocenters. The average Bonchev–Trinajstić information content (AvgIpc) is 2.57. The maximum atomic E-state index is 12.6. The number of ether oxygens (including phenoxy) is 2. The summed E-state index contributed by atoms with van der Waals surface area (Å²) in [4.78, 5) is 27.0. The summed E-state index contributed by atoms with van der Waals surface area (Å²) in [6.07, 6.45) is 6.96. The second-order valence-electron chi connectivity index (χ2n) is 6.44. The van der Waals surface area contributed by atoms with Gasteiger partial charge < -0.3 is 19.7 Å². The summed E-state index contributed by atoms with van der Waals surface area (Å²) in [6, 6.07) is 0.0281. The Labute approximate surface area is 138 Å². The zero-order valence-corrected chi connectivity index (χ0v) is 14.2. The maximum Gasteiger partial charge on any atom is 0.248 e. The predicted octanol–water partition coefficient (Wildman–Crippen LogP) is 1.34. The second-order valence-corrected chi connectivity index (χ2v) is 6.44. The van der Waals surface area contributed by atoms with Gasteiger partial charge in [0, 0.05) is 26.2 Å². The number of nitrogens with zero attached hydrogens (tertiary/aromatic N) is 1. The number of nitrogens with one attached hydrogen (secondary N) is 1. The van der Waals surface area contributed by atoms with E-state index in [4.69, 9.17) is 9.47 Å². The lowest BCUT2D eigenvalue weighted by atomic mass is 9.82. The van der Waals surface area contributed by atoms with Crippen LogP contribution in [0.4, 0.5) is 0 Å². The number of methoxy groups -OCH3 is 1. The molecule has 2 rings (SSSR count). The van der Waals surface area contributed by atoms with E-state index in [0.717, 1.165) is 58.0 Å². The maximum absolute atomic E-state index is 12.6. The van der Waals surface area contributed by atoms with Gasteiger partial charge in [-0.2, -0.15) is 0 Å². The van der Waals surface area contributed by atoms with E-state index in [1.54, 1.807) is 7.11 Å². The Kier molecular flexibility index (Phi) is 7.82. The molecular formula is C17H30N2O4. The van der Waals surface area contributed by atoms with Gasteiger partial charge in [0.1, 0.15) is 6.61 Å². The molecule has 1 heterocycles. The molecule has 0 bridgehead atoms. The van der Waals surface area contributed by atoms with Crippen molar-refractivity contribution in [3.8, 4) is 0 Å². The van der Waals surface area contributed by atoms with Gasteiger partial charge in [-0.25, -0.2) is 0 Å². The highest BCUT2D eigenvalue weighted by Gasteiger charge is 2.36. The van der Waals surface area contributed by atoms with Crippen molar-refractivity contribution in [2.45, 2.75) is 51.0 Å². The van der Waals surface area contributed by atoms with Gasteiger partial charge in [-0.15, -0.1) is 0 Å². The fourth-order valence-corrected chi connectivity index (χ4v) is 3.58. The van der Waals surface area contributed by atoms with Gasteiger partial charge in [0.05, 0.1) is 19.1 Å². The van der Waals surface area contributed by atoms with Gasteiger partial charge in [-0.3, -0.25) is 9.59 Å². The predicted molar refractivity (Wildman–Crippen MR) is 87.0 cm³/mol. The zero-order valence-electron chi connectivity index (χ0n) is 14.2. The van der Waals surface area contributed by atoms with E-state index in [2.05, 4.69) is 5.32 Å². The van der Waals surface area contributed by atoms with Crippen LogP contribution in [0.15, 0.2) is 0 Å². The molecule has 1 aliphatic heterocycles. The third-order valence-electron chi connectivity index (χ3n) is 4.82. The van der Waals surface area contributed by atoms with E-state index in [1.807, 2.05) is 4.90 Å². The van der Waals surface area contributed by atoms with Gasteiger partial charge in [0.15, 0.2) is 0 Å². The Balaban J connectivity index is 2.02. The van der Waals surface area contributed by atoms with Crippen LogP contribution in [-0.4, -0.2) is 62.8 Å². The van der Waals surface area contributed by atoms with Crippen molar-refractivity contribution in [1.29, 1.82) is 0 Å². The minimum atomic E-state index is -0.0650. The quantitative estimate of drug-likeness (QED) is 0.774. The molecule has 6 nitrogen and oxygen atoms in total. The van der Waals surface area contributed by atoms with E-state index >= 15 is 0 Å². The van der Waals surface area contributed by atoms with E-state index < -0.39 is 0 Å². The standard InChI is InChI=1S/C17H30N2O4/c1-22-11-12-23-13-16(20)19-10-6-2-5-9-18-17(21)14-7-3-4-8-15(14)19/h14-15H,2-13H2,1H3,(H,18,21)/t14-,15+/m1/s1. The number of hydrogen-bond acceptors (Lipinski definition) is 4. The van der Waals surface area contributed by atoms with Crippen LogP contribution in [0.5, 0.6) is 0 Å². The fraction of sp³-hybridized carbons (Fsp3) is 0.882. The van der Waals surface area contributed by atoms with Crippen LogP contribution in [-0.2, 0) is 19.1 Å². The molecule has 1 N–H and O–H groups in total. The molecule has 1 saturated heterocycles. The Hall–Kier alpha value is -1.14. The molecule has 0 aromatic heterocycles.